The molecule has 3 heteroatoms. The molecule has 0 saturated carbocycles. The maximum atomic E-state index is 5.29. The highest BCUT2D eigenvalue weighted by Crippen LogP contribution is 2.13. The van der Waals surface area contributed by atoms with Crippen LogP contribution in [0.2, 0.25) is 0 Å². The van der Waals surface area contributed by atoms with Gasteiger partial charge in [0.25, 0.3) is 5.19 Å². The van der Waals surface area contributed by atoms with Crippen molar-refractivity contribution in [2.75, 3.05) is 6.61 Å². The number of hydrogen-bond acceptors (Lipinski definition) is 3. The van der Waals surface area contributed by atoms with Crippen LogP contribution in [0.25, 0.3) is 0 Å². The summed E-state index contributed by atoms with van der Waals surface area (Å²) in [7, 11) is 0. The standard InChI is InChI=1S/C7H11NOS.C2H6/c1-2-3-5-9-7-8-4-6-10-7;1-2/h4,6H,2-3,5H2,1H3;1-2H3. The van der Waals surface area contributed by atoms with Gasteiger partial charge in [-0.1, -0.05) is 38.5 Å². The molecule has 0 radical (unpaired) electrons. The Kier molecular flexibility index (Phi) is 8.12. The maximum Gasteiger partial charge on any atom is 0.273 e. The molecule has 1 aromatic heterocycles. The minimum absolute atomic E-state index is 0.786. The fourth-order valence-corrected chi connectivity index (χ4v) is 1.10. The number of unbranched alkanes of at least 4 members (excludes halogenated alkanes) is 1. The van der Waals surface area contributed by atoms with Crippen molar-refractivity contribution in [1.29, 1.82) is 0 Å². The normalized spacial score (nSPS) is 8.58. The number of rotatable bonds is 4. The number of thiazole rings is 1. The molecule has 0 bridgehead atoms. The lowest BCUT2D eigenvalue weighted by Crippen LogP contribution is -1.94. The molecule has 12 heavy (non-hydrogen) atoms. The van der Waals surface area contributed by atoms with E-state index in [1.54, 1.807) is 17.5 Å². The first kappa shape index (κ1) is 11.4. The number of ether oxygens (including phenoxy) is 1. The summed E-state index contributed by atoms with van der Waals surface area (Å²) in [5.74, 6) is 0. The van der Waals surface area contributed by atoms with Gasteiger partial charge in [0.05, 0.1) is 6.61 Å². The van der Waals surface area contributed by atoms with E-state index in [1.165, 1.54) is 6.42 Å². The van der Waals surface area contributed by atoms with Gasteiger partial charge in [-0.2, -0.15) is 0 Å². The third-order valence-electron chi connectivity index (χ3n) is 1.13. The van der Waals surface area contributed by atoms with Crippen molar-refractivity contribution in [1.82, 2.24) is 4.98 Å². The smallest absolute Gasteiger partial charge is 0.273 e. The van der Waals surface area contributed by atoms with Gasteiger partial charge >= 0.3 is 0 Å². The van der Waals surface area contributed by atoms with E-state index >= 15 is 0 Å². The molecule has 1 aromatic rings. The van der Waals surface area contributed by atoms with Crippen molar-refractivity contribution < 1.29 is 4.74 Å². The predicted molar refractivity (Wildman–Crippen MR) is 53.9 cm³/mol. The second-order valence-electron chi connectivity index (χ2n) is 2.00. The topological polar surface area (TPSA) is 22.1 Å². The molecular weight excluding hydrogens is 170 g/mol. The van der Waals surface area contributed by atoms with E-state index in [0.717, 1.165) is 18.2 Å². The van der Waals surface area contributed by atoms with Crippen LogP contribution in [-0.4, -0.2) is 11.6 Å². The molecule has 0 aliphatic rings. The summed E-state index contributed by atoms with van der Waals surface area (Å²) < 4.78 is 5.29. The number of nitrogens with zero attached hydrogens (tertiary/aromatic N) is 1. The highest BCUT2D eigenvalue weighted by atomic mass is 32.1. The summed E-state index contributed by atoms with van der Waals surface area (Å²) in [5.41, 5.74) is 0. The molecule has 70 valence electrons. The van der Waals surface area contributed by atoms with Gasteiger partial charge in [-0.25, -0.2) is 4.98 Å². The van der Waals surface area contributed by atoms with E-state index in [0.29, 0.717) is 0 Å². The van der Waals surface area contributed by atoms with Crippen LogP contribution in [0, 0.1) is 0 Å². The molecule has 0 fully saturated rings. The van der Waals surface area contributed by atoms with Gasteiger partial charge in [0.15, 0.2) is 0 Å². The summed E-state index contributed by atoms with van der Waals surface area (Å²) in [6.07, 6.45) is 4.04. The van der Waals surface area contributed by atoms with E-state index < -0.39 is 0 Å². The number of hydrogen-bond donors (Lipinski definition) is 0. The van der Waals surface area contributed by atoms with E-state index in [4.69, 9.17) is 4.74 Å². The zero-order valence-electron chi connectivity index (χ0n) is 8.04. The van der Waals surface area contributed by atoms with Crippen LogP contribution in [-0.2, 0) is 0 Å². The van der Waals surface area contributed by atoms with Crippen molar-refractivity contribution in [3.05, 3.63) is 11.6 Å². The van der Waals surface area contributed by atoms with Crippen molar-refractivity contribution in [3.63, 3.8) is 0 Å². The van der Waals surface area contributed by atoms with Gasteiger partial charge in [0.2, 0.25) is 0 Å². The van der Waals surface area contributed by atoms with Crippen LogP contribution < -0.4 is 4.74 Å². The van der Waals surface area contributed by atoms with Crippen LogP contribution in [0.3, 0.4) is 0 Å². The molecule has 2 nitrogen and oxygen atoms in total. The third-order valence-corrected chi connectivity index (χ3v) is 1.82. The molecular formula is C9H17NOS. The second-order valence-corrected chi connectivity index (χ2v) is 2.86. The van der Waals surface area contributed by atoms with Gasteiger partial charge < -0.3 is 4.74 Å². The Morgan fingerprint density at radius 3 is 2.75 bits per heavy atom. The Labute approximate surface area is 78.6 Å². The van der Waals surface area contributed by atoms with Crippen LogP contribution in [0.4, 0.5) is 0 Å². The van der Waals surface area contributed by atoms with Crippen LogP contribution in [0.5, 0.6) is 5.19 Å². The highest BCUT2D eigenvalue weighted by Gasteiger charge is 1.92. The summed E-state index contributed by atoms with van der Waals surface area (Å²) in [6.45, 7) is 6.94. The predicted octanol–water partition coefficient (Wildman–Crippen LogP) is 3.35. The van der Waals surface area contributed by atoms with Gasteiger partial charge in [0.1, 0.15) is 0 Å². The Morgan fingerprint density at radius 2 is 2.25 bits per heavy atom. The fourth-order valence-electron chi connectivity index (χ4n) is 0.585. The molecule has 0 aromatic carbocycles. The molecule has 0 aliphatic carbocycles. The van der Waals surface area contributed by atoms with E-state index in [-0.39, 0.29) is 0 Å². The number of aromatic nitrogens is 1. The van der Waals surface area contributed by atoms with Crippen molar-refractivity contribution in [2.45, 2.75) is 33.6 Å². The maximum absolute atomic E-state index is 5.29. The van der Waals surface area contributed by atoms with E-state index in [9.17, 15) is 0 Å². The minimum Gasteiger partial charge on any atom is -0.470 e. The summed E-state index contributed by atoms with van der Waals surface area (Å²) in [5, 5.41) is 2.70. The molecule has 0 amide bonds. The first-order valence-corrected chi connectivity index (χ1v) is 5.33. The molecule has 1 rings (SSSR count). The molecule has 0 N–H and O–H groups in total. The average molecular weight is 187 g/mol. The Balaban J connectivity index is 0.000000561. The third kappa shape index (κ3) is 5.13. The lowest BCUT2D eigenvalue weighted by molar-refractivity contribution is 0.308. The monoisotopic (exact) mass is 187 g/mol. The molecule has 0 atom stereocenters. The van der Waals surface area contributed by atoms with Gasteiger partial charge in [-0.15, -0.1) is 0 Å². The van der Waals surface area contributed by atoms with Gasteiger partial charge in [0, 0.05) is 11.6 Å². The van der Waals surface area contributed by atoms with Crippen LogP contribution >= 0.6 is 11.3 Å². The minimum atomic E-state index is 0.786. The first-order valence-electron chi connectivity index (χ1n) is 4.45. The Morgan fingerprint density at radius 1 is 1.50 bits per heavy atom. The van der Waals surface area contributed by atoms with Crippen molar-refractivity contribution in [3.8, 4) is 5.19 Å². The van der Waals surface area contributed by atoms with Crippen molar-refractivity contribution in [2.24, 2.45) is 0 Å². The Bertz CT molecular complexity index is 163. The zero-order chi connectivity index (χ0) is 9.23. The van der Waals surface area contributed by atoms with Crippen molar-refractivity contribution >= 4 is 11.3 Å². The zero-order valence-corrected chi connectivity index (χ0v) is 8.86. The molecule has 1 heterocycles. The second kappa shape index (κ2) is 8.53. The quantitative estimate of drug-likeness (QED) is 0.674. The molecule has 0 unspecified atom stereocenters. The molecule has 0 aliphatic heterocycles. The lowest BCUT2D eigenvalue weighted by Gasteiger charge is -1.97. The largest absolute Gasteiger partial charge is 0.470 e. The van der Waals surface area contributed by atoms with Crippen LogP contribution in [0.15, 0.2) is 11.6 Å². The molecule has 0 saturated heterocycles. The van der Waals surface area contributed by atoms with Crippen LogP contribution in [0.1, 0.15) is 33.6 Å². The molecule has 0 spiro atoms. The Hall–Kier alpha value is -0.570. The average Bonchev–Trinajstić information content (AvgIpc) is 2.61. The highest BCUT2D eigenvalue weighted by molar-refractivity contribution is 7.11. The van der Waals surface area contributed by atoms with Gasteiger partial charge in [-0.05, 0) is 6.42 Å². The summed E-state index contributed by atoms with van der Waals surface area (Å²) in [6, 6.07) is 0. The first-order chi connectivity index (χ1) is 5.93. The fraction of sp³-hybridized carbons (Fsp3) is 0.667. The summed E-state index contributed by atoms with van der Waals surface area (Å²) >= 11 is 1.54. The summed E-state index contributed by atoms with van der Waals surface area (Å²) in [4.78, 5) is 3.98. The van der Waals surface area contributed by atoms with E-state index in [2.05, 4.69) is 11.9 Å². The van der Waals surface area contributed by atoms with E-state index in [1.807, 2.05) is 19.2 Å². The van der Waals surface area contributed by atoms with Gasteiger partial charge in [-0.3, -0.25) is 0 Å². The lowest BCUT2D eigenvalue weighted by atomic mass is 10.4. The SMILES string of the molecule is CC.CCCCOc1nccs1.